The normalized spacial score (nSPS) is 24.9. The van der Waals surface area contributed by atoms with E-state index in [-0.39, 0.29) is 17.4 Å². The van der Waals surface area contributed by atoms with E-state index in [1.165, 1.54) is 0 Å². The van der Waals surface area contributed by atoms with Crippen LogP contribution < -0.4 is 5.32 Å². The first-order valence-electron chi connectivity index (χ1n) is 7.57. The van der Waals surface area contributed by atoms with Crippen molar-refractivity contribution in [1.82, 2.24) is 10.2 Å². The molecule has 1 heterocycles. The molecule has 1 aromatic rings. The molecule has 1 saturated heterocycles. The van der Waals surface area contributed by atoms with Gasteiger partial charge in [-0.15, -0.1) is 0 Å². The number of hydrogen-bond donors (Lipinski definition) is 1. The van der Waals surface area contributed by atoms with Gasteiger partial charge in [-0.2, -0.15) is 0 Å². The summed E-state index contributed by atoms with van der Waals surface area (Å²) >= 11 is 0. The number of piperazine rings is 1. The zero-order valence-electron chi connectivity index (χ0n) is 13.3. The predicted molar refractivity (Wildman–Crippen MR) is 82.2 cm³/mol. The van der Waals surface area contributed by atoms with Gasteiger partial charge in [0, 0.05) is 36.3 Å². The van der Waals surface area contributed by atoms with Gasteiger partial charge >= 0.3 is 0 Å². The van der Waals surface area contributed by atoms with Crippen LogP contribution in [-0.4, -0.2) is 29.6 Å². The van der Waals surface area contributed by atoms with E-state index in [2.05, 4.69) is 44.8 Å². The molecular weight excluding hydrogens is 251 g/mol. The predicted octanol–water partition coefficient (Wildman–Crippen LogP) is 3.60. The highest BCUT2D eigenvalue weighted by molar-refractivity contribution is 5.21. The van der Waals surface area contributed by atoms with Crippen LogP contribution in [0.5, 0.6) is 0 Å². The van der Waals surface area contributed by atoms with Crippen LogP contribution in [0.15, 0.2) is 24.3 Å². The topological polar surface area (TPSA) is 15.3 Å². The molecule has 3 heteroatoms. The lowest BCUT2D eigenvalue weighted by Crippen LogP contribution is -2.63. The fraction of sp³-hybridized carbons (Fsp3) is 0.647. The summed E-state index contributed by atoms with van der Waals surface area (Å²) < 4.78 is 14.1. The quantitative estimate of drug-likeness (QED) is 0.909. The minimum atomic E-state index is -0.0983. The maximum Gasteiger partial charge on any atom is 0.127 e. The zero-order chi connectivity index (χ0) is 14.9. The Morgan fingerprint density at radius 3 is 2.50 bits per heavy atom. The Kier molecular flexibility index (Phi) is 4.50. The first-order chi connectivity index (χ1) is 9.32. The van der Waals surface area contributed by atoms with Gasteiger partial charge in [0.25, 0.3) is 0 Å². The van der Waals surface area contributed by atoms with E-state index in [1.54, 1.807) is 12.1 Å². The van der Waals surface area contributed by atoms with E-state index < -0.39 is 0 Å². The Balaban J connectivity index is 2.28. The molecule has 1 aliphatic heterocycles. The van der Waals surface area contributed by atoms with E-state index in [9.17, 15) is 4.39 Å². The molecular formula is C17H27FN2. The van der Waals surface area contributed by atoms with Crippen molar-refractivity contribution in [3.63, 3.8) is 0 Å². The lowest BCUT2D eigenvalue weighted by Gasteiger charge is -2.49. The highest BCUT2D eigenvalue weighted by Crippen LogP contribution is 2.31. The molecule has 0 bridgehead atoms. The van der Waals surface area contributed by atoms with Crippen LogP contribution >= 0.6 is 0 Å². The zero-order valence-corrected chi connectivity index (χ0v) is 13.3. The number of hydrogen-bond acceptors (Lipinski definition) is 2. The molecule has 0 radical (unpaired) electrons. The molecule has 1 fully saturated rings. The minimum Gasteiger partial charge on any atom is -0.309 e. The SMILES string of the molecule is CC(C)C1CNC(C)(C)CN1C(C)c1ccccc1F. The molecule has 112 valence electrons. The van der Waals surface area contributed by atoms with Crippen molar-refractivity contribution in [2.24, 2.45) is 5.92 Å². The highest BCUT2D eigenvalue weighted by atomic mass is 19.1. The Morgan fingerprint density at radius 1 is 1.25 bits per heavy atom. The summed E-state index contributed by atoms with van der Waals surface area (Å²) in [6, 6.07) is 7.69. The van der Waals surface area contributed by atoms with E-state index >= 15 is 0 Å². The maximum atomic E-state index is 14.1. The summed E-state index contributed by atoms with van der Waals surface area (Å²) in [5, 5.41) is 3.61. The van der Waals surface area contributed by atoms with Gasteiger partial charge in [0.1, 0.15) is 5.82 Å². The fourth-order valence-corrected chi connectivity index (χ4v) is 3.16. The van der Waals surface area contributed by atoms with Crippen molar-refractivity contribution in [3.8, 4) is 0 Å². The molecule has 2 atom stereocenters. The standard InChI is InChI=1S/C17H27FN2/c1-12(2)16-10-19-17(4,5)11-20(16)13(3)14-8-6-7-9-15(14)18/h6-9,12-13,16,19H,10-11H2,1-5H3. The second-order valence-electron chi connectivity index (χ2n) is 6.95. The second-order valence-corrected chi connectivity index (χ2v) is 6.95. The first kappa shape index (κ1) is 15.5. The summed E-state index contributed by atoms with van der Waals surface area (Å²) in [4.78, 5) is 2.46. The molecule has 0 amide bonds. The van der Waals surface area contributed by atoms with Crippen LogP contribution in [0.2, 0.25) is 0 Å². The van der Waals surface area contributed by atoms with Crippen molar-refractivity contribution in [1.29, 1.82) is 0 Å². The summed E-state index contributed by atoms with van der Waals surface area (Å²) in [5.41, 5.74) is 0.876. The number of rotatable bonds is 3. The van der Waals surface area contributed by atoms with Crippen LogP contribution in [-0.2, 0) is 0 Å². The van der Waals surface area contributed by atoms with Gasteiger partial charge in [-0.1, -0.05) is 32.0 Å². The minimum absolute atomic E-state index is 0.0743. The van der Waals surface area contributed by atoms with Gasteiger partial charge in [0.15, 0.2) is 0 Å². The monoisotopic (exact) mass is 278 g/mol. The van der Waals surface area contributed by atoms with Crippen molar-refractivity contribution < 1.29 is 4.39 Å². The number of benzene rings is 1. The number of nitrogens with zero attached hydrogens (tertiary/aromatic N) is 1. The average molecular weight is 278 g/mol. The molecule has 2 unspecified atom stereocenters. The van der Waals surface area contributed by atoms with E-state index in [4.69, 9.17) is 0 Å². The second kappa shape index (κ2) is 5.82. The molecule has 20 heavy (non-hydrogen) atoms. The van der Waals surface area contributed by atoms with Crippen LogP contribution in [0.4, 0.5) is 4.39 Å². The average Bonchev–Trinajstić information content (AvgIpc) is 2.37. The summed E-state index contributed by atoms with van der Waals surface area (Å²) in [5.74, 6) is 0.451. The van der Waals surface area contributed by atoms with E-state index in [0.29, 0.717) is 12.0 Å². The van der Waals surface area contributed by atoms with Gasteiger partial charge < -0.3 is 5.32 Å². The highest BCUT2D eigenvalue weighted by Gasteiger charge is 2.37. The molecule has 1 aromatic carbocycles. The summed E-state index contributed by atoms with van der Waals surface area (Å²) in [6.07, 6.45) is 0. The third-order valence-corrected chi connectivity index (χ3v) is 4.42. The molecule has 2 nitrogen and oxygen atoms in total. The fourth-order valence-electron chi connectivity index (χ4n) is 3.16. The molecule has 1 N–H and O–H groups in total. The first-order valence-corrected chi connectivity index (χ1v) is 7.57. The molecule has 0 aromatic heterocycles. The van der Waals surface area contributed by atoms with E-state index in [0.717, 1.165) is 18.7 Å². The summed E-state index contributed by atoms with van der Waals surface area (Å²) in [6.45, 7) is 12.9. The van der Waals surface area contributed by atoms with Crippen molar-refractivity contribution in [3.05, 3.63) is 35.6 Å². The molecule has 0 spiro atoms. The smallest absolute Gasteiger partial charge is 0.127 e. The molecule has 0 aliphatic carbocycles. The Labute approximate surface area is 122 Å². The maximum absolute atomic E-state index is 14.1. The Bertz CT molecular complexity index is 456. The van der Waals surface area contributed by atoms with Crippen LogP contribution in [0.25, 0.3) is 0 Å². The molecule has 1 aliphatic rings. The van der Waals surface area contributed by atoms with Gasteiger partial charge in [-0.25, -0.2) is 4.39 Å². The van der Waals surface area contributed by atoms with E-state index in [1.807, 2.05) is 12.1 Å². The molecule has 2 rings (SSSR count). The third-order valence-electron chi connectivity index (χ3n) is 4.42. The summed E-state index contributed by atoms with van der Waals surface area (Å²) in [7, 11) is 0. The van der Waals surface area contributed by atoms with Crippen molar-refractivity contribution in [2.45, 2.75) is 52.2 Å². The lowest BCUT2D eigenvalue weighted by atomic mass is 9.90. The Morgan fingerprint density at radius 2 is 1.90 bits per heavy atom. The molecule has 0 saturated carbocycles. The van der Waals surface area contributed by atoms with Gasteiger partial charge in [0.2, 0.25) is 0 Å². The number of halogens is 1. The van der Waals surface area contributed by atoms with Crippen LogP contribution in [0, 0.1) is 11.7 Å². The van der Waals surface area contributed by atoms with Crippen molar-refractivity contribution >= 4 is 0 Å². The number of nitrogens with one attached hydrogen (secondary N) is 1. The lowest BCUT2D eigenvalue weighted by molar-refractivity contribution is 0.0359. The van der Waals surface area contributed by atoms with Crippen LogP contribution in [0.3, 0.4) is 0 Å². The van der Waals surface area contributed by atoms with Crippen LogP contribution in [0.1, 0.15) is 46.2 Å². The van der Waals surface area contributed by atoms with Gasteiger partial charge in [0.05, 0.1) is 0 Å². The Hall–Kier alpha value is -0.930. The third kappa shape index (κ3) is 3.21. The largest absolute Gasteiger partial charge is 0.309 e. The van der Waals surface area contributed by atoms with Gasteiger partial charge in [-0.3, -0.25) is 4.90 Å². The van der Waals surface area contributed by atoms with Crippen molar-refractivity contribution in [2.75, 3.05) is 13.1 Å². The van der Waals surface area contributed by atoms with Gasteiger partial charge in [-0.05, 0) is 32.8 Å².